The van der Waals surface area contributed by atoms with E-state index in [0.29, 0.717) is 33.8 Å². The maximum atomic E-state index is 15.5. The number of aromatic amines is 2. The first kappa shape index (κ1) is 17.3. The van der Waals surface area contributed by atoms with Crippen molar-refractivity contribution >= 4 is 21.9 Å². The summed E-state index contributed by atoms with van der Waals surface area (Å²) >= 11 is 0. The Morgan fingerprint density at radius 2 is 1.65 bits per heavy atom. The molecule has 0 radical (unpaired) electrons. The van der Waals surface area contributed by atoms with Crippen LogP contribution in [0.15, 0.2) is 61.7 Å². The molecule has 0 amide bonds. The van der Waals surface area contributed by atoms with E-state index < -0.39 is 5.82 Å². The van der Waals surface area contributed by atoms with Crippen molar-refractivity contribution in [1.82, 2.24) is 45.1 Å². The lowest BCUT2D eigenvalue weighted by Gasteiger charge is -2.03. The van der Waals surface area contributed by atoms with Gasteiger partial charge in [-0.05, 0) is 18.2 Å². The van der Waals surface area contributed by atoms with Gasteiger partial charge >= 0.3 is 0 Å². The van der Waals surface area contributed by atoms with E-state index in [1.807, 2.05) is 18.2 Å². The van der Waals surface area contributed by atoms with Crippen LogP contribution in [0.3, 0.4) is 0 Å². The van der Waals surface area contributed by atoms with Crippen molar-refractivity contribution < 1.29 is 4.39 Å². The van der Waals surface area contributed by atoms with Crippen LogP contribution in [-0.2, 0) is 0 Å². The van der Waals surface area contributed by atoms with Crippen LogP contribution in [0.4, 0.5) is 4.39 Å². The third-order valence-corrected chi connectivity index (χ3v) is 4.94. The lowest BCUT2D eigenvalue weighted by molar-refractivity contribution is 0.638. The van der Waals surface area contributed by atoms with E-state index in [9.17, 15) is 0 Å². The zero-order chi connectivity index (χ0) is 20.8. The summed E-state index contributed by atoms with van der Waals surface area (Å²) in [6.07, 6.45) is 11.0. The molecule has 0 fully saturated rings. The summed E-state index contributed by atoms with van der Waals surface area (Å²) in [5, 5.41) is 7.40. The molecule has 0 aliphatic heterocycles. The fourth-order valence-electron chi connectivity index (χ4n) is 3.53. The van der Waals surface area contributed by atoms with E-state index >= 15 is 4.39 Å². The molecule has 0 saturated carbocycles. The van der Waals surface area contributed by atoms with Crippen molar-refractivity contribution in [2.75, 3.05) is 0 Å². The fraction of sp³-hybridized carbons (Fsp3) is 0. The number of rotatable bonds is 3. The van der Waals surface area contributed by atoms with Crippen molar-refractivity contribution in [3.63, 3.8) is 0 Å². The molecule has 0 aliphatic carbocycles. The summed E-state index contributed by atoms with van der Waals surface area (Å²) in [5.41, 5.74) is 4.34. The van der Waals surface area contributed by atoms with Crippen LogP contribution >= 0.6 is 0 Å². The number of fused-ring (bicyclic) bond motifs is 2. The predicted octanol–water partition coefficient (Wildman–Crippen LogP) is 3.55. The maximum absolute atomic E-state index is 15.5. The first-order valence-corrected chi connectivity index (χ1v) is 9.33. The van der Waals surface area contributed by atoms with Crippen LogP contribution < -0.4 is 0 Å². The number of aromatic nitrogens is 9. The lowest BCUT2D eigenvalue weighted by atomic mass is 10.1. The standard InChI is InChI=1S/C21H12FN9/c22-16-15-14(9-27-17(16)12-7-24-10-25-8-12)30-31-20(15)21-28-13-3-5-26-18(19(13)29-21)11-2-1-4-23-6-11/h1-10H,(H,28,29)(H,30,31). The Morgan fingerprint density at radius 3 is 2.48 bits per heavy atom. The molecule has 6 aromatic heterocycles. The molecule has 0 aromatic carbocycles. The molecular formula is C21H12FN9. The molecule has 0 spiro atoms. The molecular weight excluding hydrogens is 397 g/mol. The maximum Gasteiger partial charge on any atom is 0.161 e. The molecule has 6 heterocycles. The number of hydrogen-bond acceptors (Lipinski definition) is 7. The van der Waals surface area contributed by atoms with Crippen LogP contribution in [0.25, 0.3) is 56.0 Å². The van der Waals surface area contributed by atoms with Gasteiger partial charge in [-0.3, -0.25) is 20.1 Å². The van der Waals surface area contributed by atoms with Crippen molar-refractivity contribution in [3.8, 4) is 34.0 Å². The second-order valence-electron chi connectivity index (χ2n) is 6.79. The van der Waals surface area contributed by atoms with Crippen LogP contribution in [0.2, 0.25) is 0 Å². The van der Waals surface area contributed by atoms with Gasteiger partial charge in [0.15, 0.2) is 11.6 Å². The van der Waals surface area contributed by atoms with Gasteiger partial charge in [0, 0.05) is 42.1 Å². The van der Waals surface area contributed by atoms with Gasteiger partial charge < -0.3 is 4.98 Å². The first-order valence-electron chi connectivity index (χ1n) is 9.33. The Balaban J connectivity index is 1.56. The van der Waals surface area contributed by atoms with Crippen molar-refractivity contribution in [3.05, 3.63) is 67.5 Å². The number of hydrogen-bond donors (Lipinski definition) is 2. The summed E-state index contributed by atoms with van der Waals surface area (Å²) < 4.78 is 15.5. The third kappa shape index (κ3) is 2.73. The summed E-state index contributed by atoms with van der Waals surface area (Å²) in [7, 11) is 0. The van der Waals surface area contributed by atoms with E-state index in [-0.39, 0.29) is 11.1 Å². The van der Waals surface area contributed by atoms with Crippen LogP contribution in [-0.4, -0.2) is 45.1 Å². The molecule has 0 atom stereocenters. The Morgan fingerprint density at radius 1 is 0.774 bits per heavy atom. The molecule has 6 aromatic rings. The average molecular weight is 409 g/mol. The summed E-state index contributed by atoms with van der Waals surface area (Å²) in [4.78, 5) is 28.6. The molecule has 0 aliphatic rings. The minimum absolute atomic E-state index is 0.143. The van der Waals surface area contributed by atoms with Gasteiger partial charge in [0.2, 0.25) is 0 Å². The van der Waals surface area contributed by atoms with Crippen molar-refractivity contribution in [2.45, 2.75) is 0 Å². The topological polar surface area (TPSA) is 122 Å². The molecule has 9 nitrogen and oxygen atoms in total. The second-order valence-corrected chi connectivity index (χ2v) is 6.79. The Hall–Kier alpha value is -4.60. The molecule has 2 N–H and O–H groups in total. The SMILES string of the molecule is Fc1c(-c2cncnc2)ncc2[nH]nc(-c3nc4c(-c5cccnc5)nccc4[nH]3)c12. The molecule has 31 heavy (non-hydrogen) atoms. The molecule has 6 rings (SSSR count). The molecule has 148 valence electrons. The molecule has 0 bridgehead atoms. The Kier molecular flexibility index (Phi) is 3.75. The van der Waals surface area contributed by atoms with E-state index in [1.165, 1.54) is 24.9 Å². The molecule has 0 saturated heterocycles. The second kappa shape index (κ2) is 6.73. The summed E-state index contributed by atoms with van der Waals surface area (Å²) in [6, 6.07) is 5.56. The first-order chi connectivity index (χ1) is 15.3. The normalized spacial score (nSPS) is 11.4. The number of halogens is 1. The quantitative estimate of drug-likeness (QED) is 0.458. The van der Waals surface area contributed by atoms with Gasteiger partial charge in [0.25, 0.3) is 0 Å². The van der Waals surface area contributed by atoms with Gasteiger partial charge in [-0.1, -0.05) is 0 Å². The van der Waals surface area contributed by atoms with Gasteiger partial charge in [0.1, 0.15) is 23.2 Å². The Bertz CT molecular complexity index is 1540. The van der Waals surface area contributed by atoms with E-state index in [4.69, 9.17) is 0 Å². The zero-order valence-corrected chi connectivity index (χ0v) is 15.8. The predicted molar refractivity (Wildman–Crippen MR) is 111 cm³/mol. The van der Waals surface area contributed by atoms with Gasteiger partial charge in [0.05, 0.1) is 28.3 Å². The fourth-order valence-corrected chi connectivity index (χ4v) is 3.53. The lowest BCUT2D eigenvalue weighted by Crippen LogP contribution is -1.93. The molecule has 0 unspecified atom stereocenters. The van der Waals surface area contributed by atoms with Gasteiger partial charge in [-0.2, -0.15) is 5.10 Å². The number of imidazole rings is 1. The monoisotopic (exact) mass is 409 g/mol. The van der Waals surface area contributed by atoms with E-state index in [2.05, 4.69) is 45.1 Å². The number of nitrogens with zero attached hydrogens (tertiary/aromatic N) is 7. The van der Waals surface area contributed by atoms with Gasteiger partial charge in [-0.25, -0.2) is 19.3 Å². The van der Waals surface area contributed by atoms with E-state index in [1.54, 1.807) is 18.6 Å². The third-order valence-electron chi connectivity index (χ3n) is 4.94. The van der Waals surface area contributed by atoms with Crippen LogP contribution in [0.5, 0.6) is 0 Å². The Labute approximate surface area is 173 Å². The highest BCUT2D eigenvalue weighted by Gasteiger charge is 2.21. The smallest absolute Gasteiger partial charge is 0.161 e. The van der Waals surface area contributed by atoms with Crippen molar-refractivity contribution in [1.29, 1.82) is 0 Å². The van der Waals surface area contributed by atoms with Crippen LogP contribution in [0.1, 0.15) is 0 Å². The van der Waals surface area contributed by atoms with E-state index in [0.717, 1.165) is 11.1 Å². The highest BCUT2D eigenvalue weighted by molar-refractivity contribution is 5.97. The number of nitrogens with one attached hydrogen (secondary N) is 2. The van der Waals surface area contributed by atoms with Crippen LogP contribution in [0, 0.1) is 5.82 Å². The highest BCUT2D eigenvalue weighted by Crippen LogP contribution is 2.33. The highest BCUT2D eigenvalue weighted by atomic mass is 19.1. The minimum atomic E-state index is -0.526. The van der Waals surface area contributed by atoms with Crippen molar-refractivity contribution in [2.24, 2.45) is 0 Å². The number of pyridine rings is 3. The van der Waals surface area contributed by atoms with Gasteiger partial charge in [-0.15, -0.1) is 0 Å². The largest absolute Gasteiger partial charge is 0.336 e. The minimum Gasteiger partial charge on any atom is -0.336 e. The number of H-pyrrole nitrogens is 2. The average Bonchev–Trinajstić information content (AvgIpc) is 3.45. The summed E-state index contributed by atoms with van der Waals surface area (Å²) in [5.74, 6) is -0.109. The zero-order valence-electron chi connectivity index (χ0n) is 15.8. The summed E-state index contributed by atoms with van der Waals surface area (Å²) in [6.45, 7) is 0. The molecule has 10 heteroatoms.